The minimum absolute atomic E-state index is 0. The number of hydrogen-bond donors (Lipinski definition) is 1. The van der Waals surface area contributed by atoms with E-state index in [2.05, 4.69) is 4.74 Å². The zero-order valence-electron chi connectivity index (χ0n) is 6.07. The van der Waals surface area contributed by atoms with Crippen LogP contribution in [-0.4, -0.2) is 41.2 Å². The molecule has 1 aromatic carbocycles. The van der Waals surface area contributed by atoms with Gasteiger partial charge in [-0.05, 0) is 24.3 Å². The van der Waals surface area contributed by atoms with E-state index < -0.39 is 5.97 Å². The largest absolute Gasteiger partial charge is 0.508 e. The lowest BCUT2D eigenvalue weighted by Crippen LogP contribution is -1.99. The summed E-state index contributed by atoms with van der Waals surface area (Å²) in [5.74, 6) is -0.261. The Labute approximate surface area is 86.5 Å². The predicted octanol–water partition coefficient (Wildman–Crippen LogP) is 0.263. The van der Waals surface area contributed by atoms with E-state index in [9.17, 15) is 4.79 Å². The average Bonchev–Trinajstić information content (AvgIpc) is 2.05. The van der Waals surface area contributed by atoms with Gasteiger partial charge in [-0.15, -0.1) is 0 Å². The monoisotopic (exact) mass is 178 g/mol. The SMILES string of the molecule is COC(=O)c1ccc(O)cc1.[MgH2]. The van der Waals surface area contributed by atoms with Gasteiger partial charge in [0.05, 0.1) is 12.7 Å². The number of benzene rings is 1. The van der Waals surface area contributed by atoms with Crippen molar-refractivity contribution in [1.82, 2.24) is 0 Å². The van der Waals surface area contributed by atoms with Crippen molar-refractivity contribution < 1.29 is 14.6 Å². The fourth-order valence-corrected chi connectivity index (χ4v) is 0.715. The third kappa shape index (κ3) is 2.71. The van der Waals surface area contributed by atoms with Crippen LogP contribution in [0.1, 0.15) is 10.4 Å². The summed E-state index contributed by atoms with van der Waals surface area (Å²) in [5.41, 5.74) is 0.435. The minimum atomic E-state index is -0.398. The number of hydrogen-bond acceptors (Lipinski definition) is 3. The van der Waals surface area contributed by atoms with Crippen molar-refractivity contribution in [3.63, 3.8) is 0 Å². The zero-order valence-corrected chi connectivity index (χ0v) is 6.07. The van der Waals surface area contributed by atoms with Crippen molar-refractivity contribution in [2.45, 2.75) is 0 Å². The molecule has 0 bridgehead atoms. The molecule has 1 N–H and O–H groups in total. The quantitative estimate of drug-likeness (QED) is 0.496. The van der Waals surface area contributed by atoms with Crippen molar-refractivity contribution in [2.75, 3.05) is 7.11 Å². The number of phenols is 1. The molecule has 0 unspecified atom stereocenters. The molecule has 0 spiro atoms. The third-order valence-electron chi connectivity index (χ3n) is 1.29. The first kappa shape index (κ1) is 11.3. The number of esters is 1. The smallest absolute Gasteiger partial charge is 0.337 e. The molecule has 0 aromatic heterocycles. The van der Waals surface area contributed by atoms with Crippen LogP contribution in [-0.2, 0) is 4.74 Å². The van der Waals surface area contributed by atoms with E-state index in [4.69, 9.17) is 5.11 Å². The van der Waals surface area contributed by atoms with Gasteiger partial charge in [-0.25, -0.2) is 4.79 Å². The third-order valence-corrected chi connectivity index (χ3v) is 1.29. The molecule has 0 aliphatic heterocycles. The molecule has 3 nitrogen and oxygen atoms in total. The summed E-state index contributed by atoms with van der Waals surface area (Å²) in [6.45, 7) is 0. The van der Waals surface area contributed by atoms with Gasteiger partial charge in [0.1, 0.15) is 5.75 Å². The van der Waals surface area contributed by atoms with Crippen molar-refractivity contribution >= 4 is 29.0 Å². The second kappa shape index (κ2) is 5.00. The Balaban J connectivity index is 0.00000121. The minimum Gasteiger partial charge on any atom is -0.508 e. The van der Waals surface area contributed by atoms with E-state index in [-0.39, 0.29) is 28.8 Å². The van der Waals surface area contributed by atoms with Crippen LogP contribution < -0.4 is 0 Å². The summed E-state index contributed by atoms with van der Waals surface area (Å²) in [7, 11) is 1.31. The van der Waals surface area contributed by atoms with Gasteiger partial charge in [0, 0.05) is 0 Å². The van der Waals surface area contributed by atoms with Crippen LogP contribution in [0.15, 0.2) is 24.3 Å². The average molecular weight is 178 g/mol. The number of ether oxygens (including phenoxy) is 1. The Morgan fingerprint density at radius 3 is 2.25 bits per heavy atom. The fourth-order valence-electron chi connectivity index (χ4n) is 0.715. The Bertz CT molecular complexity index is 256. The first-order valence-corrected chi connectivity index (χ1v) is 3.11. The second-order valence-corrected chi connectivity index (χ2v) is 2.04. The molecule has 0 atom stereocenters. The lowest BCUT2D eigenvalue weighted by atomic mass is 10.2. The van der Waals surface area contributed by atoms with Crippen molar-refractivity contribution in [2.24, 2.45) is 0 Å². The predicted molar refractivity (Wildman–Crippen MR) is 48.0 cm³/mol. The molecule has 4 heteroatoms. The summed E-state index contributed by atoms with van der Waals surface area (Å²) in [6.07, 6.45) is 0. The highest BCUT2D eigenvalue weighted by molar-refractivity contribution is 5.89. The van der Waals surface area contributed by atoms with Crippen LogP contribution in [0.3, 0.4) is 0 Å². The van der Waals surface area contributed by atoms with Gasteiger partial charge in [-0.2, -0.15) is 0 Å². The molecule has 0 heterocycles. The molecule has 0 amide bonds. The first-order valence-electron chi connectivity index (χ1n) is 3.11. The number of methoxy groups -OCH3 is 1. The van der Waals surface area contributed by atoms with Crippen molar-refractivity contribution in [3.8, 4) is 5.75 Å². The molecular formula is C8H10MgO3. The van der Waals surface area contributed by atoms with Crippen LogP contribution in [0.4, 0.5) is 0 Å². The van der Waals surface area contributed by atoms with E-state index in [0.717, 1.165) is 0 Å². The molecule has 0 saturated heterocycles. The molecule has 0 aliphatic carbocycles. The van der Waals surface area contributed by atoms with E-state index in [1.54, 1.807) is 0 Å². The first-order chi connectivity index (χ1) is 5.24. The highest BCUT2D eigenvalue weighted by atomic mass is 24.3. The Morgan fingerprint density at radius 1 is 1.33 bits per heavy atom. The van der Waals surface area contributed by atoms with Crippen LogP contribution in [0.2, 0.25) is 0 Å². The molecule has 0 fully saturated rings. The van der Waals surface area contributed by atoms with E-state index in [1.807, 2.05) is 0 Å². The maximum Gasteiger partial charge on any atom is 0.337 e. The highest BCUT2D eigenvalue weighted by Crippen LogP contribution is 2.09. The maximum absolute atomic E-state index is 10.8. The lowest BCUT2D eigenvalue weighted by Gasteiger charge is -1.97. The topological polar surface area (TPSA) is 46.5 Å². The number of rotatable bonds is 1. The Morgan fingerprint density at radius 2 is 1.83 bits per heavy atom. The summed E-state index contributed by atoms with van der Waals surface area (Å²) in [4.78, 5) is 10.8. The van der Waals surface area contributed by atoms with Crippen molar-refractivity contribution in [3.05, 3.63) is 29.8 Å². The number of carbonyl (C=O) groups is 1. The van der Waals surface area contributed by atoms with Crippen LogP contribution >= 0.6 is 0 Å². The van der Waals surface area contributed by atoms with Gasteiger partial charge in [0.2, 0.25) is 0 Å². The van der Waals surface area contributed by atoms with Gasteiger partial charge in [-0.1, -0.05) is 0 Å². The zero-order chi connectivity index (χ0) is 8.27. The Kier molecular flexibility index (Phi) is 4.69. The van der Waals surface area contributed by atoms with E-state index in [1.165, 1.54) is 31.4 Å². The maximum atomic E-state index is 10.8. The van der Waals surface area contributed by atoms with E-state index >= 15 is 0 Å². The van der Waals surface area contributed by atoms with Gasteiger partial charge < -0.3 is 9.84 Å². The number of phenolic OH excluding ortho intramolecular Hbond substituents is 1. The molecule has 62 valence electrons. The van der Waals surface area contributed by atoms with Crippen LogP contribution in [0.5, 0.6) is 5.75 Å². The normalized spacial score (nSPS) is 8.42. The molecule has 1 rings (SSSR count). The van der Waals surface area contributed by atoms with Crippen molar-refractivity contribution in [1.29, 1.82) is 0 Å². The molecule has 0 saturated carbocycles. The molecule has 0 radical (unpaired) electrons. The highest BCUT2D eigenvalue weighted by Gasteiger charge is 2.02. The molecule has 1 aromatic rings. The molecule has 12 heavy (non-hydrogen) atoms. The summed E-state index contributed by atoms with van der Waals surface area (Å²) in [5, 5.41) is 8.86. The van der Waals surface area contributed by atoms with Gasteiger partial charge in [0.15, 0.2) is 0 Å². The summed E-state index contributed by atoms with van der Waals surface area (Å²) in [6, 6.07) is 5.88. The van der Waals surface area contributed by atoms with Crippen LogP contribution in [0, 0.1) is 0 Å². The lowest BCUT2D eigenvalue weighted by molar-refractivity contribution is 0.0601. The summed E-state index contributed by atoms with van der Waals surface area (Å²) < 4.78 is 4.46. The Hall–Kier alpha value is -0.744. The number of carbonyl (C=O) groups excluding carboxylic acids is 1. The standard InChI is InChI=1S/C8H8O3.Mg.2H/c1-11-8(10)6-2-4-7(9)5-3-6;;;/h2-5,9H,1H3;;;. The summed E-state index contributed by atoms with van der Waals surface area (Å²) >= 11 is 0. The van der Waals surface area contributed by atoms with Gasteiger partial charge in [0.25, 0.3) is 0 Å². The van der Waals surface area contributed by atoms with E-state index in [0.29, 0.717) is 5.56 Å². The molecular weight excluding hydrogens is 168 g/mol. The second-order valence-electron chi connectivity index (χ2n) is 2.04. The van der Waals surface area contributed by atoms with Gasteiger partial charge in [-0.3, -0.25) is 0 Å². The number of aromatic hydroxyl groups is 1. The fraction of sp³-hybridized carbons (Fsp3) is 0.125. The van der Waals surface area contributed by atoms with Crippen LogP contribution in [0.25, 0.3) is 0 Å². The molecule has 0 aliphatic rings. The van der Waals surface area contributed by atoms with Gasteiger partial charge >= 0.3 is 29.0 Å².